The number of benzene rings is 2. The van der Waals surface area contributed by atoms with Gasteiger partial charge in [-0.1, -0.05) is 6.07 Å². The summed E-state index contributed by atoms with van der Waals surface area (Å²) in [5.41, 5.74) is -1.75. The summed E-state index contributed by atoms with van der Waals surface area (Å²) in [6.07, 6.45) is -9.47. The second-order valence-electron chi connectivity index (χ2n) is 8.68. The number of hydrogen-bond acceptors (Lipinski definition) is 2. The van der Waals surface area contributed by atoms with E-state index < -0.39 is 41.1 Å². The lowest BCUT2D eigenvalue weighted by Gasteiger charge is -2.40. The summed E-state index contributed by atoms with van der Waals surface area (Å²) in [5, 5.41) is 3.23. The summed E-state index contributed by atoms with van der Waals surface area (Å²) in [5.74, 6) is -2.45. The fourth-order valence-electron chi connectivity index (χ4n) is 4.52. The first-order valence-electron chi connectivity index (χ1n) is 10.7. The largest absolute Gasteiger partial charge is 0.416 e. The molecule has 0 saturated carbocycles. The van der Waals surface area contributed by atoms with Gasteiger partial charge in [-0.2, -0.15) is 26.3 Å². The third kappa shape index (κ3) is 5.54. The standard InChI is InChI=1S/C24H25F7N2O/c1-13-8-18(25)4-5-19(13)20-12-32-7-6-21(20)33(3)22(34)14(2)15-9-16(23(26,27)28)11-17(10-15)24(29,30)31/h4-5,8-11,14,20-21,32H,6-7,12H2,1-3H3/t14-,20-,21+/m0/s1. The molecule has 1 heterocycles. The van der Waals surface area contributed by atoms with Gasteiger partial charge in [-0.05, 0) is 73.8 Å². The molecule has 186 valence electrons. The molecule has 0 spiro atoms. The fraction of sp³-hybridized carbons (Fsp3) is 0.458. The van der Waals surface area contributed by atoms with Crippen molar-refractivity contribution in [2.45, 2.75) is 50.5 Å². The molecule has 0 unspecified atom stereocenters. The van der Waals surface area contributed by atoms with Gasteiger partial charge in [-0.25, -0.2) is 4.39 Å². The monoisotopic (exact) mass is 490 g/mol. The second kappa shape index (κ2) is 9.56. The van der Waals surface area contributed by atoms with E-state index in [0.717, 1.165) is 5.56 Å². The van der Waals surface area contributed by atoms with Gasteiger partial charge in [0, 0.05) is 25.6 Å². The van der Waals surface area contributed by atoms with Crippen LogP contribution in [0, 0.1) is 12.7 Å². The Hall–Kier alpha value is -2.62. The Kier molecular flexibility index (Phi) is 7.31. The highest BCUT2D eigenvalue weighted by molar-refractivity contribution is 5.83. The van der Waals surface area contributed by atoms with E-state index in [9.17, 15) is 35.5 Å². The minimum Gasteiger partial charge on any atom is -0.342 e. The van der Waals surface area contributed by atoms with Crippen LogP contribution >= 0.6 is 0 Å². The van der Waals surface area contributed by atoms with Crippen LogP contribution in [0.5, 0.6) is 0 Å². The van der Waals surface area contributed by atoms with Crippen molar-refractivity contribution in [1.82, 2.24) is 10.2 Å². The molecule has 2 aromatic rings. The van der Waals surface area contributed by atoms with E-state index in [1.165, 1.54) is 31.0 Å². The molecule has 3 atom stereocenters. The molecular formula is C24H25F7N2O. The number of piperidine rings is 1. The van der Waals surface area contributed by atoms with Crippen LogP contribution in [0.1, 0.15) is 53.0 Å². The molecule has 1 amide bonds. The molecule has 34 heavy (non-hydrogen) atoms. The first-order valence-corrected chi connectivity index (χ1v) is 10.7. The SMILES string of the molecule is Cc1cc(F)ccc1[C@@H]1CNCC[C@H]1N(C)C(=O)[C@@H](C)c1cc(C(F)(F)F)cc(C(F)(F)F)c1. The maximum absolute atomic E-state index is 13.6. The Morgan fingerprint density at radius 3 is 2.15 bits per heavy atom. The van der Waals surface area contributed by atoms with E-state index in [1.54, 1.807) is 13.0 Å². The average molecular weight is 490 g/mol. The Labute approximate surface area is 192 Å². The number of aryl methyl sites for hydroxylation is 1. The zero-order valence-electron chi connectivity index (χ0n) is 18.8. The van der Waals surface area contributed by atoms with Crippen molar-refractivity contribution in [1.29, 1.82) is 0 Å². The summed E-state index contributed by atoms with van der Waals surface area (Å²) in [6.45, 7) is 4.11. The van der Waals surface area contributed by atoms with Gasteiger partial charge in [0.25, 0.3) is 0 Å². The third-order valence-electron chi connectivity index (χ3n) is 6.40. The van der Waals surface area contributed by atoms with Gasteiger partial charge in [-0.3, -0.25) is 4.79 Å². The predicted octanol–water partition coefficient (Wildman–Crippen LogP) is 5.88. The maximum Gasteiger partial charge on any atom is 0.416 e. The highest BCUT2D eigenvalue weighted by Crippen LogP contribution is 2.38. The Bertz CT molecular complexity index is 1020. The molecule has 1 N–H and O–H groups in total. The van der Waals surface area contributed by atoms with Gasteiger partial charge in [-0.15, -0.1) is 0 Å². The lowest BCUT2D eigenvalue weighted by Crippen LogP contribution is -2.50. The molecule has 0 radical (unpaired) electrons. The van der Waals surface area contributed by atoms with Crippen molar-refractivity contribution in [3.05, 3.63) is 70.0 Å². The molecule has 1 saturated heterocycles. The van der Waals surface area contributed by atoms with Crippen LogP contribution in [0.2, 0.25) is 0 Å². The summed E-state index contributed by atoms with van der Waals surface area (Å²) < 4.78 is 93.1. The van der Waals surface area contributed by atoms with Gasteiger partial charge in [0.05, 0.1) is 17.0 Å². The summed E-state index contributed by atoms with van der Waals surface area (Å²) in [7, 11) is 1.50. The van der Waals surface area contributed by atoms with Gasteiger partial charge in [0.1, 0.15) is 5.82 Å². The van der Waals surface area contributed by atoms with Crippen molar-refractivity contribution in [2.24, 2.45) is 0 Å². The molecule has 0 aromatic heterocycles. The average Bonchev–Trinajstić information content (AvgIpc) is 2.76. The van der Waals surface area contributed by atoms with Crippen LogP contribution in [-0.4, -0.2) is 37.0 Å². The highest BCUT2D eigenvalue weighted by atomic mass is 19.4. The fourth-order valence-corrected chi connectivity index (χ4v) is 4.52. The number of nitrogens with zero attached hydrogens (tertiary/aromatic N) is 1. The van der Waals surface area contributed by atoms with E-state index in [2.05, 4.69) is 5.32 Å². The summed E-state index contributed by atoms with van der Waals surface area (Å²) >= 11 is 0. The molecule has 1 aliphatic heterocycles. The van der Waals surface area contributed by atoms with E-state index in [4.69, 9.17) is 0 Å². The van der Waals surface area contributed by atoms with Crippen LogP contribution in [0.25, 0.3) is 0 Å². The van der Waals surface area contributed by atoms with Crippen LogP contribution in [-0.2, 0) is 17.1 Å². The van der Waals surface area contributed by atoms with E-state index in [1.807, 2.05) is 0 Å². The summed E-state index contributed by atoms with van der Waals surface area (Å²) in [6, 6.07) is 5.20. The number of rotatable bonds is 4. The molecule has 10 heteroatoms. The first-order chi connectivity index (χ1) is 15.7. The quantitative estimate of drug-likeness (QED) is 0.543. The first kappa shape index (κ1) is 26.0. The molecule has 1 aliphatic rings. The van der Waals surface area contributed by atoms with Crippen molar-refractivity contribution < 1.29 is 35.5 Å². The predicted molar refractivity (Wildman–Crippen MR) is 113 cm³/mol. The molecule has 0 bridgehead atoms. The topological polar surface area (TPSA) is 32.3 Å². The van der Waals surface area contributed by atoms with Gasteiger partial charge in [0.2, 0.25) is 5.91 Å². The van der Waals surface area contributed by atoms with E-state index >= 15 is 0 Å². The number of carbonyl (C=O) groups is 1. The smallest absolute Gasteiger partial charge is 0.342 e. The molecule has 3 nitrogen and oxygen atoms in total. The van der Waals surface area contributed by atoms with Gasteiger partial charge >= 0.3 is 12.4 Å². The summed E-state index contributed by atoms with van der Waals surface area (Å²) in [4.78, 5) is 14.7. The number of carbonyl (C=O) groups excluding carboxylic acids is 1. The van der Waals surface area contributed by atoms with Crippen molar-refractivity contribution in [3.63, 3.8) is 0 Å². The third-order valence-corrected chi connectivity index (χ3v) is 6.40. The number of alkyl halides is 6. The number of nitrogens with one attached hydrogen (secondary N) is 1. The number of likely N-dealkylation sites (N-methyl/N-ethyl adjacent to an activating group) is 1. The maximum atomic E-state index is 13.6. The molecular weight excluding hydrogens is 465 g/mol. The van der Waals surface area contributed by atoms with Crippen LogP contribution in [0.15, 0.2) is 36.4 Å². The molecule has 2 aromatic carbocycles. The normalized spacial score (nSPS) is 20.2. The van der Waals surface area contributed by atoms with Crippen LogP contribution < -0.4 is 5.32 Å². The molecule has 1 fully saturated rings. The van der Waals surface area contributed by atoms with Crippen molar-refractivity contribution in [2.75, 3.05) is 20.1 Å². The van der Waals surface area contributed by atoms with Gasteiger partial charge in [0.15, 0.2) is 0 Å². The number of hydrogen-bond donors (Lipinski definition) is 1. The van der Waals surface area contributed by atoms with E-state index in [0.29, 0.717) is 37.2 Å². The molecule has 3 rings (SSSR count). The molecule has 0 aliphatic carbocycles. The van der Waals surface area contributed by atoms with Crippen LogP contribution in [0.4, 0.5) is 30.7 Å². The number of amides is 1. The van der Waals surface area contributed by atoms with Crippen molar-refractivity contribution >= 4 is 5.91 Å². The van der Waals surface area contributed by atoms with Gasteiger partial charge < -0.3 is 10.2 Å². The highest BCUT2D eigenvalue weighted by Gasteiger charge is 2.39. The number of halogens is 7. The van der Waals surface area contributed by atoms with Crippen LogP contribution in [0.3, 0.4) is 0 Å². The van der Waals surface area contributed by atoms with E-state index in [-0.39, 0.29) is 23.6 Å². The zero-order valence-corrected chi connectivity index (χ0v) is 18.8. The Morgan fingerprint density at radius 1 is 1.03 bits per heavy atom. The van der Waals surface area contributed by atoms with Crippen molar-refractivity contribution in [3.8, 4) is 0 Å². The Morgan fingerprint density at radius 2 is 1.62 bits per heavy atom. The lowest BCUT2D eigenvalue weighted by atomic mass is 9.83. The lowest BCUT2D eigenvalue weighted by molar-refractivity contribution is -0.143. The minimum absolute atomic E-state index is 0.0462. The second-order valence-corrected chi connectivity index (χ2v) is 8.68. The zero-order chi connectivity index (χ0) is 25.4. The Balaban J connectivity index is 1.94. The minimum atomic E-state index is -5.00.